The molecule has 2 fully saturated rings. The molecule has 0 aliphatic carbocycles. The van der Waals surface area contributed by atoms with E-state index in [1.54, 1.807) is 0 Å². The van der Waals surface area contributed by atoms with Crippen molar-refractivity contribution in [2.75, 3.05) is 43.6 Å². The quantitative estimate of drug-likeness (QED) is 0.0346. The summed E-state index contributed by atoms with van der Waals surface area (Å²) in [6.07, 6.45) is -6.86. The fourth-order valence-electron chi connectivity index (χ4n) is 6.49. The Balaban J connectivity index is 0.951. The number of nitrogens with two attached hydrogens (primary N) is 3. The fraction of sp³-hybridized carbons (Fsp3) is 0.464. The summed E-state index contributed by atoms with van der Waals surface area (Å²) < 4.78 is 68.7. The second-order valence-corrected chi connectivity index (χ2v) is 15.9. The van der Waals surface area contributed by atoms with Gasteiger partial charge < -0.3 is 56.5 Å². The lowest BCUT2D eigenvalue weighted by atomic mass is 10.1. The van der Waals surface area contributed by atoms with E-state index < -0.39 is 90.1 Å². The lowest BCUT2D eigenvalue weighted by Crippen LogP contribution is -2.36. The normalized spacial score (nSPS) is 26.6. The highest BCUT2D eigenvalue weighted by molar-refractivity contribution is 7.47. The molecule has 322 valence electrons. The first-order valence-corrected chi connectivity index (χ1v) is 20.4. The minimum atomic E-state index is -5.23. The zero-order valence-corrected chi connectivity index (χ0v) is 32.2. The van der Waals surface area contributed by atoms with Gasteiger partial charge in [0.25, 0.3) is 5.56 Å². The Labute approximate surface area is 333 Å². The van der Waals surface area contributed by atoms with Crippen LogP contribution in [0.4, 0.5) is 17.6 Å². The summed E-state index contributed by atoms with van der Waals surface area (Å²) >= 11 is 0. The van der Waals surface area contributed by atoms with Gasteiger partial charge in [0, 0.05) is 0 Å². The highest BCUT2D eigenvalue weighted by atomic mass is 31.2. The van der Waals surface area contributed by atoms with Gasteiger partial charge in [0.1, 0.15) is 67.0 Å². The number of aromatic amines is 1. The highest BCUT2D eigenvalue weighted by Gasteiger charge is 2.52. The first-order chi connectivity index (χ1) is 28.6. The predicted molar refractivity (Wildman–Crippen MR) is 196 cm³/mol. The van der Waals surface area contributed by atoms with Crippen LogP contribution in [0.5, 0.6) is 0 Å². The van der Waals surface area contributed by atoms with Crippen LogP contribution in [-0.2, 0) is 48.2 Å². The standard InChI is InChI=1S/C28H35N15O15P2/c29-20-13-22(34-5-32-20)42(8-37-13)26-18(16(45)11(3-44)55-26)58-60(50,51)54-4-12-17(46)19(27(56-12)43-9-38-14-21(30)33-6-35-23(14)43)57-59(48,49)53-2-1-52-10-41-7-36-15-24(41)39-28(31)40-25(15)47/h5-9,11-12,16-19,26-27,44-46H,1-4,10H2,(H,48,49)(H,50,51)(H2,29,32,34)(H2,30,33,35)(H3,31,39,40,47)/t11-,12-,16-,17-,18-,19-,26-,27-/m1/s1. The maximum absolute atomic E-state index is 13.4. The van der Waals surface area contributed by atoms with Gasteiger partial charge in [0.15, 0.2) is 46.5 Å². The van der Waals surface area contributed by atoms with Gasteiger partial charge in [-0.25, -0.2) is 44.0 Å². The molecular weight excluding hydrogens is 848 g/mol. The summed E-state index contributed by atoms with van der Waals surface area (Å²) in [6, 6.07) is 0. The van der Waals surface area contributed by atoms with Crippen LogP contribution in [0.1, 0.15) is 12.5 Å². The molecule has 6 aromatic heterocycles. The lowest BCUT2D eigenvalue weighted by molar-refractivity contribution is -0.0617. The van der Waals surface area contributed by atoms with E-state index >= 15 is 0 Å². The highest BCUT2D eigenvalue weighted by Crippen LogP contribution is 2.52. The van der Waals surface area contributed by atoms with E-state index in [-0.39, 0.29) is 64.4 Å². The molecule has 2 unspecified atom stereocenters. The molecule has 60 heavy (non-hydrogen) atoms. The number of nitrogens with one attached hydrogen (secondary N) is 1. The third kappa shape index (κ3) is 8.04. The van der Waals surface area contributed by atoms with Gasteiger partial charge in [-0.3, -0.25) is 41.6 Å². The van der Waals surface area contributed by atoms with Gasteiger partial charge in [0.05, 0.1) is 45.4 Å². The number of aliphatic hydroxyl groups is 3. The molecule has 2 saturated heterocycles. The van der Waals surface area contributed by atoms with Gasteiger partial charge in [0.2, 0.25) is 5.95 Å². The number of nitrogens with zero attached hydrogens (tertiary/aromatic N) is 11. The van der Waals surface area contributed by atoms with Crippen LogP contribution in [0, 0.1) is 0 Å². The largest absolute Gasteiger partial charge is 0.472 e. The van der Waals surface area contributed by atoms with E-state index in [9.17, 15) is 39.0 Å². The third-order valence-electron chi connectivity index (χ3n) is 9.25. The van der Waals surface area contributed by atoms with Crippen molar-refractivity contribution >= 4 is 66.7 Å². The SMILES string of the molecule is Nc1nc2c(ncn2COCCOP(=O)(O)O[C@@H]2[C@H](O)[C@@H](COP(=O)(O)O[C@@H]3[C@H](O)[C@@H](CO)O[C@H]3n3cnc4c(N)ncnc43)O[C@H]2n2cnc3c(N)ncnc32)c(=O)[nH]1. The van der Waals surface area contributed by atoms with E-state index in [1.807, 2.05) is 0 Å². The van der Waals surface area contributed by atoms with Crippen molar-refractivity contribution in [3.8, 4) is 0 Å². The smallest absolute Gasteiger partial charge is 0.394 e. The number of phosphoric acid groups is 2. The van der Waals surface area contributed by atoms with Crippen LogP contribution in [0.2, 0.25) is 0 Å². The number of rotatable bonds is 16. The van der Waals surface area contributed by atoms with Gasteiger partial charge in [-0.2, -0.15) is 4.98 Å². The van der Waals surface area contributed by atoms with Crippen molar-refractivity contribution in [1.29, 1.82) is 0 Å². The molecular formula is C28H35N15O15P2. The Bertz CT molecular complexity index is 2680. The Kier molecular flexibility index (Phi) is 11.3. The average molecular weight is 884 g/mol. The topological polar surface area (TPSA) is 429 Å². The van der Waals surface area contributed by atoms with Crippen LogP contribution in [0.3, 0.4) is 0 Å². The van der Waals surface area contributed by atoms with E-state index in [0.717, 1.165) is 12.7 Å². The van der Waals surface area contributed by atoms with Crippen LogP contribution in [0.25, 0.3) is 33.5 Å². The molecule has 0 aromatic carbocycles. The molecule has 8 rings (SSSR count). The van der Waals surface area contributed by atoms with Gasteiger partial charge in [-0.05, 0) is 0 Å². The molecule has 0 amide bonds. The molecule has 6 aromatic rings. The van der Waals surface area contributed by atoms with E-state index in [1.165, 1.54) is 32.7 Å². The van der Waals surface area contributed by atoms with E-state index in [0.29, 0.717) is 0 Å². The fourth-order valence-corrected chi connectivity index (χ4v) is 8.32. The van der Waals surface area contributed by atoms with Crippen LogP contribution >= 0.6 is 15.6 Å². The number of imidazole rings is 3. The molecule has 0 spiro atoms. The van der Waals surface area contributed by atoms with E-state index in [2.05, 4.69) is 44.9 Å². The second kappa shape index (κ2) is 16.4. The van der Waals surface area contributed by atoms with Crippen molar-refractivity contribution in [2.24, 2.45) is 0 Å². The Morgan fingerprint density at radius 3 is 1.88 bits per heavy atom. The van der Waals surface area contributed by atoms with Gasteiger partial charge in [-0.15, -0.1) is 0 Å². The molecule has 2 aliphatic heterocycles. The monoisotopic (exact) mass is 883 g/mol. The van der Waals surface area contributed by atoms with Gasteiger partial charge in [-0.1, -0.05) is 0 Å². The van der Waals surface area contributed by atoms with Crippen molar-refractivity contribution in [3.63, 3.8) is 0 Å². The molecule has 0 radical (unpaired) electrons. The number of ether oxygens (including phenoxy) is 3. The molecule has 0 bridgehead atoms. The first kappa shape index (κ1) is 41.6. The number of anilines is 3. The Morgan fingerprint density at radius 1 is 0.733 bits per heavy atom. The maximum atomic E-state index is 13.4. The second-order valence-electron chi connectivity index (χ2n) is 13.0. The number of hydrogen-bond acceptors (Lipinski definition) is 24. The lowest BCUT2D eigenvalue weighted by Gasteiger charge is -2.25. The number of fused-ring (bicyclic) bond motifs is 3. The first-order valence-electron chi connectivity index (χ1n) is 17.4. The summed E-state index contributed by atoms with van der Waals surface area (Å²) in [4.78, 5) is 68.1. The number of aromatic nitrogens is 12. The Morgan fingerprint density at radius 2 is 1.28 bits per heavy atom. The number of H-pyrrole nitrogens is 1. The number of hydrogen-bond donors (Lipinski definition) is 9. The summed E-state index contributed by atoms with van der Waals surface area (Å²) in [5.74, 6) is -0.163. The van der Waals surface area contributed by atoms with Crippen LogP contribution in [-0.4, -0.2) is 147 Å². The van der Waals surface area contributed by atoms with Crippen LogP contribution < -0.4 is 22.8 Å². The zero-order valence-electron chi connectivity index (χ0n) is 30.4. The number of aliphatic hydroxyl groups excluding tert-OH is 3. The Hall–Kier alpha value is -5.17. The minimum absolute atomic E-state index is 0.00994. The van der Waals surface area contributed by atoms with Crippen molar-refractivity contribution in [1.82, 2.24) is 58.6 Å². The third-order valence-corrected chi connectivity index (χ3v) is 11.2. The molecule has 0 saturated carbocycles. The van der Waals surface area contributed by atoms with Crippen molar-refractivity contribution < 1.29 is 66.5 Å². The molecule has 2 aliphatic rings. The summed E-state index contributed by atoms with van der Waals surface area (Å²) in [5.41, 5.74) is 17.4. The maximum Gasteiger partial charge on any atom is 0.472 e. The predicted octanol–water partition coefficient (Wildman–Crippen LogP) is -2.97. The molecule has 8 heterocycles. The zero-order chi connectivity index (χ0) is 42.5. The molecule has 10 atom stereocenters. The van der Waals surface area contributed by atoms with Crippen molar-refractivity contribution in [2.45, 2.75) is 55.8 Å². The van der Waals surface area contributed by atoms with E-state index in [4.69, 9.17) is 49.5 Å². The molecule has 12 N–H and O–H groups in total. The summed E-state index contributed by atoms with van der Waals surface area (Å²) in [7, 11) is -10.3. The number of phosphoric ester groups is 2. The van der Waals surface area contributed by atoms with Crippen LogP contribution in [0.15, 0.2) is 36.4 Å². The molecule has 32 heteroatoms. The van der Waals surface area contributed by atoms with Gasteiger partial charge >= 0.3 is 15.6 Å². The minimum Gasteiger partial charge on any atom is -0.394 e. The summed E-state index contributed by atoms with van der Waals surface area (Å²) in [6.45, 7) is -2.64. The van der Waals surface area contributed by atoms with Crippen molar-refractivity contribution in [3.05, 3.63) is 42.0 Å². The number of nitrogen functional groups attached to an aromatic ring is 3. The molecule has 30 nitrogen and oxygen atoms in total. The summed E-state index contributed by atoms with van der Waals surface area (Å²) in [5, 5.41) is 32.2. The average Bonchev–Trinajstić information content (AvgIpc) is 4.03.